The molecule has 0 aliphatic carbocycles. The van der Waals surface area contributed by atoms with Gasteiger partial charge in [0.15, 0.2) is 5.82 Å². The number of rotatable bonds is 5. The number of anilines is 1. The van der Waals surface area contributed by atoms with Gasteiger partial charge in [-0.15, -0.1) is 0 Å². The van der Waals surface area contributed by atoms with Crippen molar-refractivity contribution >= 4 is 11.7 Å². The fourth-order valence-corrected chi connectivity index (χ4v) is 3.30. The van der Waals surface area contributed by atoms with Crippen LogP contribution in [0.5, 0.6) is 0 Å². The Morgan fingerprint density at radius 2 is 2.07 bits per heavy atom. The number of amides is 1. The van der Waals surface area contributed by atoms with Crippen LogP contribution in [0.2, 0.25) is 0 Å². The molecule has 0 unspecified atom stereocenters. The minimum Gasteiger partial charge on any atom is -0.353 e. The lowest BCUT2D eigenvalue weighted by atomic mass is 10.1. The Hall–Kier alpha value is -3.22. The summed E-state index contributed by atoms with van der Waals surface area (Å²) >= 11 is 0. The number of carbonyl (C=O) groups excluding carboxylic acids is 1. The number of nitrogens with one attached hydrogen (secondary N) is 1. The van der Waals surface area contributed by atoms with Crippen LogP contribution in [0.3, 0.4) is 0 Å². The van der Waals surface area contributed by atoms with E-state index in [-0.39, 0.29) is 11.9 Å². The normalized spacial score (nSPS) is 17.0. The van der Waals surface area contributed by atoms with Gasteiger partial charge in [0, 0.05) is 25.7 Å². The van der Waals surface area contributed by atoms with Crippen LogP contribution in [0.25, 0.3) is 11.5 Å². The van der Waals surface area contributed by atoms with Gasteiger partial charge in [-0.05, 0) is 24.1 Å². The Morgan fingerprint density at radius 1 is 1.22 bits per heavy atom. The highest BCUT2D eigenvalue weighted by molar-refractivity contribution is 5.86. The maximum atomic E-state index is 12.0. The minimum atomic E-state index is -0.182. The minimum absolute atomic E-state index is 0.0529. The summed E-state index contributed by atoms with van der Waals surface area (Å²) in [6.07, 6.45) is 3.08. The van der Waals surface area contributed by atoms with Crippen molar-refractivity contribution in [2.45, 2.75) is 25.8 Å². The van der Waals surface area contributed by atoms with E-state index >= 15 is 0 Å². The molecule has 2 aromatic heterocycles. The number of benzene rings is 1. The van der Waals surface area contributed by atoms with E-state index < -0.39 is 0 Å². The first-order chi connectivity index (χ1) is 13.2. The van der Waals surface area contributed by atoms with Gasteiger partial charge in [0.05, 0.1) is 5.56 Å². The van der Waals surface area contributed by atoms with Crippen molar-refractivity contribution in [1.82, 2.24) is 20.4 Å². The van der Waals surface area contributed by atoms with E-state index in [0.29, 0.717) is 24.7 Å². The third kappa shape index (κ3) is 3.67. The molecule has 0 spiro atoms. The van der Waals surface area contributed by atoms with Gasteiger partial charge in [0.1, 0.15) is 11.9 Å². The second kappa shape index (κ2) is 7.57. The second-order valence-corrected chi connectivity index (χ2v) is 6.49. The summed E-state index contributed by atoms with van der Waals surface area (Å²) in [5, 5.41) is 6.96. The van der Waals surface area contributed by atoms with Crippen LogP contribution in [-0.4, -0.2) is 40.2 Å². The smallest absolute Gasteiger partial charge is 0.259 e. The molecule has 1 amide bonds. The van der Waals surface area contributed by atoms with Crippen molar-refractivity contribution in [2.75, 3.05) is 18.0 Å². The third-order valence-corrected chi connectivity index (χ3v) is 4.68. The lowest BCUT2D eigenvalue weighted by molar-refractivity contribution is -0.123. The zero-order chi connectivity index (χ0) is 18.6. The van der Waals surface area contributed by atoms with Crippen molar-refractivity contribution in [3.05, 3.63) is 60.0 Å². The molecule has 1 aliphatic heterocycles. The highest BCUT2D eigenvalue weighted by Crippen LogP contribution is 2.23. The van der Waals surface area contributed by atoms with Crippen molar-refractivity contribution in [2.24, 2.45) is 0 Å². The predicted octanol–water partition coefficient (Wildman–Crippen LogP) is 2.44. The van der Waals surface area contributed by atoms with Gasteiger partial charge in [-0.3, -0.25) is 4.79 Å². The molecule has 1 saturated heterocycles. The van der Waals surface area contributed by atoms with Crippen LogP contribution >= 0.6 is 0 Å². The van der Waals surface area contributed by atoms with Crippen molar-refractivity contribution in [3.63, 3.8) is 0 Å². The first kappa shape index (κ1) is 17.2. The lowest BCUT2D eigenvalue weighted by Gasteiger charge is -2.35. The van der Waals surface area contributed by atoms with Gasteiger partial charge in [-0.1, -0.05) is 42.4 Å². The molecule has 3 aromatic rings. The molecule has 4 rings (SSSR count). The number of hydrogen-bond acceptors (Lipinski definition) is 6. The maximum Gasteiger partial charge on any atom is 0.259 e. The monoisotopic (exact) mass is 363 g/mol. The van der Waals surface area contributed by atoms with Crippen LogP contribution in [0.1, 0.15) is 24.7 Å². The van der Waals surface area contributed by atoms with Crippen LogP contribution in [0, 0.1) is 0 Å². The zero-order valence-electron chi connectivity index (χ0n) is 15.1. The van der Waals surface area contributed by atoms with Gasteiger partial charge in [0.2, 0.25) is 5.91 Å². The average molecular weight is 363 g/mol. The first-order valence-corrected chi connectivity index (χ1v) is 9.12. The zero-order valence-corrected chi connectivity index (χ0v) is 15.1. The summed E-state index contributed by atoms with van der Waals surface area (Å²) in [5.41, 5.74) is 1.90. The lowest BCUT2D eigenvalue weighted by Crippen LogP contribution is -2.55. The molecule has 1 N–H and O–H groups in total. The summed E-state index contributed by atoms with van der Waals surface area (Å²) in [7, 11) is 0. The van der Waals surface area contributed by atoms with E-state index in [1.165, 1.54) is 0 Å². The van der Waals surface area contributed by atoms with Crippen LogP contribution < -0.4 is 10.2 Å². The Bertz CT molecular complexity index is 908. The molecule has 3 heterocycles. The summed E-state index contributed by atoms with van der Waals surface area (Å²) in [4.78, 5) is 23.1. The van der Waals surface area contributed by atoms with Crippen molar-refractivity contribution < 1.29 is 9.32 Å². The van der Waals surface area contributed by atoms with E-state index in [9.17, 15) is 4.79 Å². The van der Waals surface area contributed by atoms with E-state index in [4.69, 9.17) is 4.52 Å². The van der Waals surface area contributed by atoms with Crippen LogP contribution in [0.4, 0.5) is 5.82 Å². The largest absolute Gasteiger partial charge is 0.353 e. The summed E-state index contributed by atoms with van der Waals surface area (Å²) < 4.78 is 5.39. The molecule has 1 aliphatic rings. The molecular weight excluding hydrogens is 342 g/mol. The number of piperazine rings is 1. The molecule has 138 valence electrons. The Labute approximate surface area is 157 Å². The molecule has 0 radical (unpaired) electrons. The van der Waals surface area contributed by atoms with E-state index in [1.807, 2.05) is 54.3 Å². The van der Waals surface area contributed by atoms with Crippen LogP contribution in [-0.2, 0) is 11.2 Å². The second-order valence-electron chi connectivity index (χ2n) is 6.49. The molecule has 7 heteroatoms. The fourth-order valence-electron chi connectivity index (χ4n) is 3.30. The number of carbonyl (C=O) groups is 1. The SMILES string of the molecule is CC[C@H]1C(=O)NCCN1c1ccc(-c2nc(Cc3ccccc3)no2)cn1. The highest BCUT2D eigenvalue weighted by atomic mass is 16.5. The Balaban J connectivity index is 1.50. The molecule has 1 aromatic carbocycles. The van der Waals surface area contributed by atoms with Gasteiger partial charge in [-0.2, -0.15) is 4.98 Å². The number of hydrogen-bond donors (Lipinski definition) is 1. The summed E-state index contributed by atoms with van der Waals surface area (Å²) in [6, 6.07) is 13.6. The average Bonchev–Trinajstić information content (AvgIpc) is 3.17. The molecule has 0 bridgehead atoms. The van der Waals surface area contributed by atoms with Crippen molar-refractivity contribution in [1.29, 1.82) is 0 Å². The van der Waals surface area contributed by atoms with Crippen molar-refractivity contribution in [3.8, 4) is 11.5 Å². The quantitative estimate of drug-likeness (QED) is 0.749. The topological polar surface area (TPSA) is 84.2 Å². The summed E-state index contributed by atoms with van der Waals surface area (Å²) in [6.45, 7) is 3.38. The maximum absolute atomic E-state index is 12.0. The first-order valence-electron chi connectivity index (χ1n) is 9.12. The third-order valence-electron chi connectivity index (χ3n) is 4.68. The van der Waals surface area contributed by atoms with Gasteiger partial charge in [0.25, 0.3) is 5.89 Å². The number of nitrogens with zero attached hydrogens (tertiary/aromatic N) is 4. The molecule has 1 atom stereocenters. The molecule has 0 saturated carbocycles. The van der Waals surface area contributed by atoms with Gasteiger partial charge < -0.3 is 14.7 Å². The molecule has 1 fully saturated rings. The molecular formula is C20H21N5O2. The van der Waals surface area contributed by atoms with Gasteiger partial charge in [-0.25, -0.2) is 4.98 Å². The number of aromatic nitrogens is 3. The fraction of sp³-hybridized carbons (Fsp3) is 0.300. The predicted molar refractivity (Wildman–Crippen MR) is 101 cm³/mol. The van der Waals surface area contributed by atoms with Crippen LogP contribution in [0.15, 0.2) is 53.2 Å². The van der Waals surface area contributed by atoms with E-state index in [1.54, 1.807) is 6.20 Å². The van der Waals surface area contributed by atoms with E-state index in [2.05, 4.69) is 20.4 Å². The standard InChI is InChI=1S/C20H21N5O2/c1-2-16-19(26)21-10-11-25(16)18-9-8-15(13-22-18)20-23-17(24-27-20)12-14-6-4-3-5-7-14/h3-9,13,16H,2,10-12H2,1H3,(H,21,26)/t16-/m0/s1. The highest BCUT2D eigenvalue weighted by Gasteiger charge is 2.28. The van der Waals surface area contributed by atoms with E-state index in [0.717, 1.165) is 29.9 Å². The number of pyridine rings is 1. The van der Waals surface area contributed by atoms with Gasteiger partial charge >= 0.3 is 0 Å². The summed E-state index contributed by atoms with van der Waals surface area (Å²) in [5.74, 6) is 1.92. The molecule has 27 heavy (non-hydrogen) atoms. The molecule has 7 nitrogen and oxygen atoms in total. The Morgan fingerprint density at radius 3 is 2.81 bits per heavy atom. The Kier molecular flexibility index (Phi) is 4.82.